The molecule has 86 valence electrons. The van der Waals surface area contributed by atoms with Crippen molar-refractivity contribution in [3.05, 3.63) is 0 Å². The van der Waals surface area contributed by atoms with Crippen molar-refractivity contribution in [3.8, 4) is 0 Å². The summed E-state index contributed by atoms with van der Waals surface area (Å²) in [6.07, 6.45) is 2.53. The van der Waals surface area contributed by atoms with Gasteiger partial charge >= 0.3 is 0 Å². The number of hydrogen-bond donors (Lipinski definition) is 0. The first-order chi connectivity index (χ1) is 6.99. The van der Waals surface area contributed by atoms with Crippen LogP contribution in [0.4, 0.5) is 0 Å². The molecule has 1 aliphatic heterocycles. The van der Waals surface area contributed by atoms with Crippen LogP contribution < -0.4 is 0 Å². The van der Waals surface area contributed by atoms with E-state index < -0.39 is 9.84 Å². The number of carbonyl (C=O) groups is 1. The van der Waals surface area contributed by atoms with Crippen LogP contribution in [0.2, 0.25) is 0 Å². The summed E-state index contributed by atoms with van der Waals surface area (Å²) in [5, 5.41) is 0. The summed E-state index contributed by atoms with van der Waals surface area (Å²) in [5.74, 6) is 0.707. The van der Waals surface area contributed by atoms with Crippen molar-refractivity contribution in [2.45, 2.75) is 38.3 Å². The van der Waals surface area contributed by atoms with E-state index in [1.165, 1.54) is 0 Å². The SMILES string of the molecule is CC1CS(=O)(=O)CCN1C1CCCC1=O. The number of ketones is 1. The van der Waals surface area contributed by atoms with Crippen molar-refractivity contribution < 1.29 is 13.2 Å². The number of carbonyl (C=O) groups excluding carboxylic acids is 1. The molecule has 2 unspecified atom stereocenters. The van der Waals surface area contributed by atoms with Gasteiger partial charge in [-0.1, -0.05) is 0 Å². The number of hydrogen-bond acceptors (Lipinski definition) is 4. The van der Waals surface area contributed by atoms with Gasteiger partial charge in [0.1, 0.15) is 5.78 Å². The Kier molecular flexibility index (Phi) is 2.85. The Morgan fingerprint density at radius 1 is 1.40 bits per heavy atom. The molecule has 0 N–H and O–H groups in total. The number of nitrogens with zero attached hydrogens (tertiary/aromatic N) is 1. The third kappa shape index (κ3) is 2.23. The highest BCUT2D eigenvalue weighted by molar-refractivity contribution is 7.91. The van der Waals surface area contributed by atoms with Gasteiger partial charge in [0.05, 0.1) is 17.5 Å². The lowest BCUT2D eigenvalue weighted by atomic mass is 10.1. The maximum absolute atomic E-state index is 11.6. The fraction of sp³-hybridized carbons (Fsp3) is 0.900. The molecule has 4 nitrogen and oxygen atoms in total. The summed E-state index contributed by atoms with van der Waals surface area (Å²) in [5.41, 5.74) is 0. The van der Waals surface area contributed by atoms with Gasteiger partial charge in [-0.15, -0.1) is 0 Å². The molecule has 1 heterocycles. The van der Waals surface area contributed by atoms with Gasteiger partial charge in [-0.05, 0) is 19.8 Å². The van der Waals surface area contributed by atoms with E-state index in [2.05, 4.69) is 4.90 Å². The van der Waals surface area contributed by atoms with Crippen LogP contribution in [0.1, 0.15) is 26.2 Å². The molecule has 1 saturated carbocycles. The first kappa shape index (κ1) is 11.1. The standard InChI is InChI=1S/C10H17NO3S/c1-8-7-15(13,14)6-5-11(8)9-3-2-4-10(9)12/h8-9H,2-7H2,1H3. The molecule has 0 radical (unpaired) electrons. The second kappa shape index (κ2) is 3.87. The normalized spacial score (nSPS) is 37.0. The molecule has 2 aliphatic rings. The largest absolute Gasteiger partial charge is 0.298 e. The summed E-state index contributed by atoms with van der Waals surface area (Å²) in [6.45, 7) is 2.43. The van der Waals surface area contributed by atoms with E-state index in [9.17, 15) is 13.2 Å². The van der Waals surface area contributed by atoms with Gasteiger partial charge in [0, 0.05) is 19.0 Å². The van der Waals surface area contributed by atoms with E-state index in [0.717, 1.165) is 12.8 Å². The summed E-state index contributed by atoms with van der Waals surface area (Å²) >= 11 is 0. The molecule has 0 aromatic rings. The van der Waals surface area contributed by atoms with E-state index in [0.29, 0.717) is 18.7 Å². The topological polar surface area (TPSA) is 54.5 Å². The Labute approximate surface area is 90.6 Å². The highest BCUT2D eigenvalue weighted by atomic mass is 32.2. The molecule has 0 aromatic carbocycles. The van der Waals surface area contributed by atoms with Crippen LogP contribution in [0.25, 0.3) is 0 Å². The fourth-order valence-electron chi connectivity index (χ4n) is 2.62. The van der Waals surface area contributed by atoms with Gasteiger partial charge in [0.25, 0.3) is 0 Å². The minimum absolute atomic E-state index is 0.00389. The molecule has 5 heteroatoms. The first-order valence-corrected chi connectivity index (χ1v) is 7.30. The Balaban J connectivity index is 2.08. The van der Waals surface area contributed by atoms with Crippen molar-refractivity contribution in [2.24, 2.45) is 0 Å². The molecule has 15 heavy (non-hydrogen) atoms. The van der Waals surface area contributed by atoms with Crippen LogP contribution in [0, 0.1) is 0 Å². The molecule has 1 aliphatic carbocycles. The van der Waals surface area contributed by atoms with Crippen LogP contribution in [0.3, 0.4) is 0 Å². The smallest absolute Gasteiger partial charge is 0.153 e. The van der Waals surface area contributed by atoms with Crippen LogP contribution in [0.5, 0.6) is 0 Å². The van der Waals surface area contributed by atoms with Crippen LogP contribution >= 0.6 is 0 Å². The monoisotopic (exact) mass is 231 g/mol. The summed E-state index contributed by atoms with van der Waals surface area (Å²) in [4.78, 5) is 13.7. The van der Waals surface area contributed by atoms with Crippen molar-refractivity contribution in [3.63, 3.8) is 0 Å². The molecule has 0 aromatic heterocycles. The molecular weight excluding hydrogens is 214 g/mol. The van der Waals surface area contributed by atoms with Gasteiger partial charge in [-0.3, -0.25) is 9.69 Å². The molecule has 0 bridgehead atoms. The molecule has 2 fully saturated rings. The number of sulfone groups is 1. The lowest BCUT2D eigenvalue weighted by Gasteiger charge is -2.36. The molecule has 0 spiro atoms. The van der Waals surface area contributed by atoms with Crippen LogP contribution in [-0.2, 0) is 14.6 Å². The maximum Gasteiger partial charge on any atom is 0.153 e. The second-order valence-electron chi connectivity index (χ2n) is 4.58. The third-order valence-electron chi connectivity index (χ3n) is 3.39. The van der Waals surface area contributed by atoms with E-state index in [4.69, 9.17) is 0 Å². The average molecular weight is 231 g/mol. The van der Waals surface area contributed by atoms with E-state index in [1.807, 2.05) is 6.92 Å². The van der Waals surface area contributed by atoms with E-state index >= 15 is 0 Å². The average Bonchev–Trinajstić information content (AvgIpc) is 2.50. The summed E-state index contributed by atoms with van der Waals surface area (Å²) < 4.78 is 22.8. The predicted molar refractivity (Wildman–Crippen MR) is 57.5 cm³/mol. The van der Waals surface area contributed by atoms with Crippen molar-refractivity contribution in [1.29, 1.82) is 0 Å². The fourth-order valence-corrected chi connectivity index (χ4v) is 4.20. The van der Waals surface area contributed by atoms with Crippen molar-refractivity contribution in [1.82, 2.24) is 4.90 Å². The molecule has 0 amide bonds. The zero-order valence-corrected chi connectivity index (χ0v) is 9.79. The lowest BCUT2D eigenvalue weighted by molar-refractivity contribution is -0.122. The third-order valence-corrected chi connectivity index (χ3v) is 5.19. The van der Waals surface area contributed by atoms with Gasteiger partial charge in [-0.2, -0.15) is 0 Å². The lowest BCUT2D eigenvalue weighted by Crippen LogP contribution is -2.52. The van der Waals surface area contributed by atoms with E-state index in [-0.39, 0.29) is 23.6 Å². The van der Waals surface area contributed by atoms with Crippen LogP contribution in [-0.4, -0.2) is 49.2 Å². The minimum Gasteiger partial charge on any atom is -0.298 e. The highest BCUT2D eigenvalue weighted by Gasteiger charge is 2.37. The summed E-state index contributed by atoms with van der Waals surface area (Å²) in [6, 6.07) is -0.00806. The minimum atomic E-state index is -2.86. The zero-order valence-electron chi connectivity index (χ0n) is 8.98. The Morgan fingerprint density at radius 2 is 2.13 bits per heavy atom. The first-order valence-electron chi connectivity index (χ1n) is 5.48. The maximum atomic E-state index is 11.6. The number of rotatable bonds is 1. The van der Waals surface area contributed by atoms with Gasteiger partial charge in [0.15, 0.2) is 9.84 Å². The van der Waals surface area contributed by atoms with Gasteiger partial charge < -0.3 is 0 Å². The Bertz CT molecular complexity index is 363. The Morgan fingerprint density at radius 3 is 2.67 bits per heavy atom. The quantitative estimate of drug-likeness (QED) is 0.648. The van der Waals surface area contributed by atoms with Gasteiger partial charge in [0.2, 0.25) is 0 Å². The molecule has 1 saturated heterocycles. The van der Waals surface area contributed by atoms with Crippen molar-refractivity contribution >= 4 is 15.6 Å². The van der Waals surface area contributed by atoms with Gasteiger partial charge in [-0.25, -0.2) is 8.42 Å². The predicted octanol–water partition coefficient (Wildman–Crippen LogP) is 0.227. The number of Topliss-reactive ketones (excluding diaryl/α,β-unsaturated/α-hetero) is 1. The highest BCUT2D eigenvalue weighted by Crippen LogP contribution is 2.24. The van der Waals surface area contributed by atoms with Crippen molar-refractivity contribution in [2.75, 3.05) is 18.1 Å². The van der Waals surface area contributed by atoms with Crippen LogP contribution in [0.15, 0.2) is 0 Å². The molecular formula is C10H17NO3S. The summed E-state index contributed by atoms with van der Waals surface area (Å²) in [7, 11) is -2.86. The molecule has 2 atom stereocenters. The second-order valence-corrected chi connectivity index (χ2v) is 6.80. The zero-order chi connectivity index (χ0) is 11.1. The Hall–Kier alpha value is -0.420. The molecule has 2 rings (SSSR count). The van der Waals surface area contributed by atoms with E-state index in [1.54, 1.807) is 0 Å².